The van der Waals surface area contributed by atoms with Crippen LogP contribution in [-0.4, -0.2) is 9.49 Å². The molecule has 1 heterocycles. The summed E-state index contributed by atoms with van der Waals surface area (Å²) >= 11 is 5.38. The SMILES string of the molecule is O=[N+]([O-])c1cccn1CCl. The molecule has 0 fully saturated rings. The van der Waals surface area contributed by atoms with Gasteiger partial charge in [-0.3, -0.25) is 0 Å². The zero-order valence-corrected chi connectivity index (χ0v) is 5.78. The Morgan fingerprint density at radius 1 is 1.80 bits per heavy atom. The number of nitro groups is 1. The van der Waals surface area contributed by atoms with E-state index in [0.717, 1.165) is 0 Å². The van der Waals surface area contributed by atoms with Gasteiger partial charge in [0.25, 0.3) is 0 Å². The van der Waals surface area contributed by atoms with E-state index in [1.807, 2.05) is 0 Å². The van der Waals surface area contributed by atoms with Gasteiger partial charge >= 0.3 is 5.82 Å². The van der Waals surface area contributed by atoms with Gasteiger partial charge in [-0.25, -0.2) is 4.57 Å². The Morgan fingerprint density at radius 2 is 2.50 bits per heavy atom. The van der Waals surface area contributed by atoms with Gasteiger partial charge in [0.15, 0.2) is 6.00 Å². The van der Waals surface area contributed by atoms with Gasteiger partial charge in [0.2, 0.25) is 0 Å². The van der Waals surface area contributed by atoms with Crippen molar-refractivity contribution < 1.29 is 4.92 Å². The molecule has 1 aromatic rings. The van der Waals surface area contributed by atoms with Gasteiger partial charge < -0.3 is 10.1 Å². The standard InChI is InChI=1S/C5H5ClN2O2/c6-4-7-3-1-2-5(7)8(9)10/h1-3H,4H2. The Hall–Kier alpha value is -1.03. The quantitative estimate of drug-likeness (QED) is 0.375. The van der Waals surface area contributed by atoms with Crippen LogP contribution < -0.4 is 0 Å². The van der Waals surface area contributed by atoms with Crippen molar-refractivity contribution in [3.8, 4) is 0 Å². The lowest BCUT2D eigenvalue weighted by atomic mass is 10.6. The van der Waals surface area contributed by atoms with E-state index in [1.165, 1.54) is 10.6 Å². The highest BCUT2D eigenvalue weighted by Crippen LogP contribution is 2.11. The monoisotopic (exact) mass is 160 g/mol. The van der Waals surface area contributed by atoms with Crippen LogP contribution in [0, 0.1) is 10.1 Å². The number of hydrogen-bond donors (Lipinski definition) is 0. The number of alkyl halides is 1. The lowest BCUT2D eigenvalue weighted by molar-refractivity contribution is -0.391. The Balaban J connectivity index is 3.01. The molecule has 0 aliphatic carbocycles. The summed E-state index contributed by atoms with van der Waals surface area (Å²) in [5.74, 6) is 0.0231. The van der Waals surface area contributed by atoms with Crippen LogP contribution in [0.1, 0.15) is 0 Å². The first-order valence-corrected chi connectivity index (χ1v) is 3.14. The molecular weight excluding hydrogens is 156 g/mol. The normalized spacial score (nSPS) is 9.70. The van der Waals surface area contributed by atoms with Gasteiger partial charge in [0.05, 0.1) is 6.20 Å². The van der Waals surface area contributed by atoms with Crippen LogP contribution in [0.5, 0.6) is 0 Å². The van der Waals surface area contributed by atoms with Crippen molar-refractivity contribution in [2.75, 3.05) is 0 Å². The molecule has 0 saturated carbocycles. The summed E-state index contributed by atoms with van der Waals surface area (Å²) in [6.45, 7) is 0. The maximum Gasteiger partial charge on any atom is 0.323 e. The van der Waals surface area contributed by atoms with Crippen molar-refractivity contribution in [3.05, 3.63) is 28.4 Å². The van der Waals surface area contributed by atoms with Gasteiger partial charge in [-0.2, -0.15) is 0 Å². The summed E-state index contributed by atoms with van der Waals surface area (Å²) in [4.78, 5) is 9.70. The maximum absolute atomic E-state index is 10.2. The molecule has 54 valence electrons. The van der Waals surface area contributed by atoms with E-state index in [1.54, 1.807) is 12.3 Å². The van der Waals surface area contributed by atoms with E-state index in [2.05, 4.69) is 0 Å². The van der Waals surface area contributed by atoms with Crippen LogP contribution in [-0.2, 0) is 6.00 Å². The average Bonchev–Trinajstić information content (AvgIpc) is 2.33. The minimum atomic E-state index is -0.470. The fourth-order valence-corrected chi connectivity index (χ4v) is 0.874. The molecule has 0 aliphatic rings. The molecule has 1 aromatic heterocycles. The zero-order chi connectivity index (χ0) is 7.56. The second-order valence-electron chi connectivity index (χ2n) is 1.71. The molecule has 0 saturated heterocycles. The van der Waals surface area contributed by atoms with Crippen molar-refractivity contribution in [3.63, 3.8) is 0 Å². The number of rotatable bonds is 2. The maximum atomic E-state index is 10.2. The zero-order valence-electron chi connectivity index (χ0n) is 5.03. The first kappa shape index (κ1) is 7.08. The third-order valence-corrected chi connectivity index (χ3v) is 1.38. The third kappa shape index (κ3) is 1.11. The smallest absolute Gasteiger partial charge is 0.323 e. The Bertz CT molecular complexity index is 246. The predicted octanol–water partition coefficient (Wildman–Crippen LogP) is 1.59. The fourth-order valence-electron chi connectivity index (χ4n) is 0.672. The number of aromatic nitrogens is 1. The fraction of sp³-hybridized carbons (Fsp3) is 0.200. The van der Waals surface area contributed by atoms with E-state index in [9.17, 15) is 10.1 Å². The Kier molecular flexibility index (Phi) is 1.91. The molecule has 0 bridgehead atoms. The minimum Gasteiger partial charge on any atom is -0.358 e. The number of halogens is 1. The summed E-state index contributed by atoms with van der Waals surface area (Å²) < 4.78 is 1.35. The molecular formula is C5H5ClN2O2. The van der Waals surface area contributed by atoms with Gasteiger partial charge in [0.1, 0.15) is 0 Å². The molecule has 10 heavy (non-hydrogen) atoms. The highest BCUT2D eigenvalue weighted by Gasteiger charge is 2.08. The van der Waals surface area contributed by atoms with Crippen molar-refractivity contribution in [2.24, 2.45) is 0 Å². The van der Waals surface area contributed by atoms with E-state index in [4.69, 9.17) is 11.6 Å². The highest BCUT2D eigenvalue weighted by molar-refractivity contribution is 6.15. The van der Waals surface area contributed by atoms with E-state index < -0.39 is 4.92 Å². The molecule has 0 amide bonds. The van der Waals surface area contributed by atoms with Gasteiger partial charge in [-0.15, -0.1) is 0 Å². The Morgan fingerprint density at radius 3 is 2.90 bits per heavy atom. The summed E-state index contributed by atoms with van der Waals surface area (Å²) in [5.41, 5.74) is 0. The van der Waals surface area contributed by atoms with Crippen molar-refractivity contribution in [1.29, 1.82) is 0 Å². The third-order valence-electron chi connectivity index (χ3n) is 1.12. The van der Waals surface area contributed by atoms with E-state index >= 15 is 0 Å². The van der Waals surface area contributed by atoms with Crippen LogP contribution in [0.15, 0.2) is 18.3 Å². The highest BCUT2D eigenvalue weighted by atomic mass is 35.5. The number of hydrogen-bond acceptors (Lipinski definition) is 2. The second-order valence-corrected chi connectivity index (χ2v) is 1.95. The molecule has 1 rings (SSSR count). The second kappa shape index (κ2) is 2.70. The first-order valence-electron chi connectivity index (χ1n) is 2.61. The molecule has 0 unspecified atom stereocenters. The average molecular weight is 161 g/mol. The molecule has 0 atom stereocenters. The van der Waals surface area contributed by atoms with Gasteiger partial charge in [-0.05, 0) is 11.0 Å². The van der Waals surface area contributed by atoms with Gasteiger partial charge in [0, 0.05) is 6.07 Å². The minimum absolute atomic E-state index is 0.0231. The molecule has 4 nitrogen and oxygen atoms in total. The first-order chi connectivity index (χ1) is 4.75. The van der Waals surface area contributed by atoms with Crippen molar-refractivity contribution in [1.82, 2.24) is 4.57 Å². The largest absolute Gasteiger partial charge is 0.358 e. The van der Waals surface area contributed by atoms with Crippen molar-refractivity contribution >= 4 is 17.4 Å². The predicted molar refractivity (Wildman–Crippen MR) is 36.9 cm³/mol. The molecule has 0 N–H and O–H groups in total. The van der Waals surface area contributed by atoms with E-state index in [-0.39, 0.29) is 11.8 Å². The summed E-state index contributed by atoms with van der Waals surface area (Å²) in [7, 11) is 0. The van der Waals surface area contributed by atoms with Crippen LogP contribution in [0.3, 0.4) is 0 Å². The summed E-state index contributed by atoms with van der Waals surface area (Å²) in [6, 6.07) is 3.10. The Labute approximate surface area is 62.2 Å². The lowest BCUT2D eigenvalue weighted by Crippen LogP contribution is -1.97. The van der Waals surface area contributed by atoms with Crippen LogP contribution >= 0.6 is 11.6 Å². The summed E-state index contributed by atoms with van der Waals surface area (Å²) in [6.07, 6.45) is 1.56. The van der Waals surface area contributed by atoms with Crippen LogP contribution in [0.4, 0.5) is 5.82 Å². The van der Waals surface area contributed by atoms with Crippen LogP contribution in [0.25, 0.3) is 0 Å². The van der Waals surface area contributed by atoms with Gasteiger partial charge in [-0.1, -0.05) is 11.6 Å². The molecule has 5 heteroatoms. The molecule has 0 radical (unpaired) electrons. The summed E-state index contributed by atoms with van der Waals surface area (Å²) in [5, 5.41) is 10.2. The van der Waals surface area contributed by atoms with Crippen molar-refractivity contribution in [2.45, 2.75) is 6.00 Å². The molecule has 0 aliphatic heterocycles. The number of nitrogens with zero attached hydrogens (tertiary/aromatic N) is 2. The van der Waals surface area contributed by atoms with Crippen LogP contribution in [0.2, 0.25) is 0 Å². The lowest BCUT2D eigenvalue weighted by Gasteiger charge is -1.94. The molecule has 0 aromatic carbocycles. The topological polar surface area (TPSA) is 48.1 Å². The molecule has 0 spiro atoms. The van der Waals surface area contributed by atoms with E-state index in [0.29, 0.717) is 0 Å².